The second-order valence-electron chi connectivity index (χ2n) is 2.63. The van der Waals surface area contributed by atoms with Crippen LogP contribution in [0.25, 0.3) is 0 Å². The molecule has 4 heteroatoms. The van der Waals surface area contributed by atoms with Crippen LogP contribution in [-0.2, 0) is 4.74 Å². The van der Waals surface area contributed by atoms with E-state index < -0.39 is 0 Å². The molecule has 78 valence electrons. The van der Waals surface area contributed by atoms with Crippen molar-refractivity contribution in [1.29, 1.82) is 0 Å². The van der Waals surface area contributed by atoms with E-state index in [0.717, 1.165) is 25.1 Å². The first-order valence-electron chi connectivity index (χ1n) is 4.83. The summed E-state index contributed by atoms with van der Waals surface area (Å²) in [6.45, 7) is 7.35. The minimum Gasteiger partial charge on any atom is -0.449 e. The fraction of sp³-hybridized carbons (Fsp3) is 0.889. The van der Waals surface area contributed by atoms with Gasteiger partial charge in [-0.15, -0.1) is 0 Å². The zero-order valence-corrected chi connectivity index (χ0v) is 9.52. The second kappa shape index (κ2) is 8.23. The molecule has 0 aromatic heterocycles. The largest absolute Gasteiger partial charge is 0.449 e. The number of hydrogen-bond acceptors (Lipinski definition) is 3. The van der Waals surface area contributed by atoms with Gasteiger partial charge in [-0.25, -0.2) is 4.79 Å². The number of ether oxygens (including phenoxy) is 1. The van der Waals surface area contributed by atoms with E-state index in [2.05, 4.69) is 6.92 Å². The molecule has 0 atom stereocenters. The van der Waals surface area contributed by atoms with E-state index in [1.54, 1.807) is 4.31 Å². The quantitative estimate of drug-likeness (QED) is 0.624. The molecular formula is C9H19NO2S. The molecule has 0 aromatic rings. The Kier molecular flexibility index (Phi) is 7.99. The van der Waals surface area contributed by atoms with Crippen molar-refractivity contribution < 1.29 is 9.53 Å². The summed E-state index contributed by atoms with van der Waals surface area (Å²) in [5.74, 6) is 0.904. The van der Waals surface area contributed by atoms with Crippen LogP contribution in [0.4, 0.5) is 4.79 Å². The Morgan fingerprint density at radius 3 is 2.46 bits per heavy atom. The lowest BCUT2D eigenvalue weighted by Gasteiger charge is -2.18. The van der Waals surface area contributed by atoms with E-state index >= 15 is 0 Å². The van der Waals surface area contributed by atoms with Crippen LogP contribution < -0.4 is 0 Å². The second-order valence-corrected chi connectivity index (χ2v) is 3.91. The normalized spacial score (nSPS) is 9.77. The van der Waals surface area contributed by atoms with E-state index in [9.17, 15) is 4.79 Å². The number of amides is 1. The molecule has 0 fully saturated rings. The van der Waals surface area contributed by atoms with Gasteiger partial charge in [-0.2, -0.15) is 0 Å². The summed E-state index contributed by atoms with van der Waals surface area (Å²) in [4.78, 5) is 11.4. The molecule has 0 radical (unpaired) electrons. The molecule has 0 aliphatic rings. The molecule has 0 rings (SSSR count). The molecule has 3 nitrogen and oxygen atoms in total. The van der Waals surface area contributed by atoms with Gasteiger partial charge >= 0.3 is 6.09 Å². The highest BCUT2D eigenvalue weighted by Crippen LogP contribution is 2.11. The van der Waals surface area contributed by atoms with Crippen LogP contribution in [0, 0.1) is 0 Å². The van der Waals surface area contributed by atoms with E-state index in [1.807, 2.05) is 13.8 Å². The number of rotatable bonds is 6. The lowest BCUT2D eigenvalue weighted by Crippen LogP contribution is -2.26. The third-order valence-electron chi connectivity index (χ3n) is 1.34. The Bertz CT molecular complexity index is 136. The SMILES string of the molecule is CCCOC(=O)N(CCC)SCC. The van der Waals surface area contributed by atoms with Crippen LogP contribution in [0.2, 0.25) is 0 Å². The number of hydrogen-bond donors (Lipinski definition) is 0. The Hall–Kier alpha value is -0.380. The zero-order valence-electron chi connectivity index (χ0n) is 8.71. The average Bonchev–Trinajstić information content (AvgIpc) is 2.14. The highest BCUT2D eigenvalue weighted by Gasteiger charge is 2.12. The summed E-state index contributed by atoms with van der Waals surface area (Å²) in [6.07, 6.45) is 1.65. The molecular weight excluding hydrogens is 186 g/mol. The molecule has 0 saturated carbocycles. The lowest BCUT2D eigenvalue weighted by atomic mass is 10.5. The van der Waals surface area contributed by atoms with Crippen LogP contribution in [0.1, 0.15) is 33.6 Å². The summed E-state index contributed by atoms with van der Waals surface area (Å²) in [5, 5.41) is 0. The van der Waals surface area contributed by atoms with Crippen LogP contribution >= 0.6 is 11.9 Å². The molecule has 1 amide bonds. The van der Waals surface area contributed by atoms with E-state index in [4.69, 9.17) is 4.74 Å². The Morgan fingerprint density at radius 1 is 1.31 bits per heavy atom. The van der Waals surface area contributed by atoms with Gasteiger partial charge < -0.3 is 4.74 Å². The van der Waals surface area contributed by atoms with Crippen LogP contribution in [0.15, 0.2) is 0 Å². The van der Waals surface area contributed by atoms with Gasteiger partial charge in [0.15, 0.2) is 0 Å². The molecule has 0 unspecified atom stereocenters. The molecule has 0 bridgehead atoms. The minimum absolute atomic E-state index is 0.199. The van der Waals surface area contributed by atoms with Crippen molar-refractivity contribution in [1.82, 2.24) is 4.31 Å². The Balaban J connectivity index is 3.80. The van der Waals surface area contributed by atoms with Gasteiger partial charge in [-0.1, -0.05) is 20.8 Å². The highest BCUT2D eigenvalue weighted by molar-refractivity contribution is 7.97. The van der Waals surface area contributed by atoms with Crippen molar-refractivity contribution in [3.63, 3.8) is 0 Å². The van der Waals surface area contributed by atoms with E-state index in [-0.39, 0.29) is 6.09 Å². The van der Waals surface area contributed by atoms with Crippen molar-refractivity contribution in [2.75, 3.05) is 18.9 Å². The zero-order chi connectivity index (χ0) is 10.1. The van der Waals surface area contributed by atoms with Gasteiger partial charge in [0.25, 0.3) is 0 Å². The fourth-order valence-electron chi connectivity index (χ4n) is 0.829. The number of carbonyl (C=O) groups is 1. The number of carbonyl (C=O) groups excluding carboxylic acids is 1. The van der Waals surface area contributed by atoms with Crippen molar-refractivity contribution in [2.45, 2.75) is 33.6 Å². The lowest BCUT2D eigenvalue weighted by molar-refractivity contribution is 0.128. The molecule has 13 heavy (non-hydrogen) atoms. The molecule has 0 spiro atoms. The van der Waals surface area contributed by atoms with Gasteiger partial charge in [0.1, 0.15) is 0 Å². The average molecular weight is 205 g/mol. The standard InChI is InChI=1S/C9H19NO2S/c1-4-7-10(13-6-3)9(11)12-8-5-2/h4-8H2,1-3H3. The van der Waals surface area contributed by atoms with E-state index in [0.29, 0.717) is 6.61 Å². The summed E-state index contributed by atoms with van der Waals surface area (Å²) in [7, 11) is 0. The molecule has 0 aromatic carbocycles. The monoisotopic (exact) mass is 205 g/mol. The summed E-state index contributed by atoms with van der Waals surface area (Å²) < 4.78 is 6.71. The van der Waals surface area contributed by atoms with Crippen LogP contribution in [0.5, 0.6) is 0 Å². The smallest absolute Gasteiger partial charge is 0.419 e. The van der Waals surface area contributed by atoms with Crippen molar-refractivity contribution in [3.05, 3.63) is 0 Å². The third-order valence-corrected chi connectivity index (χ3v) is 2.25. The van der Waals surface area contributed by atoms with Gasteiger partial charge in [0.2, 0.25) is 0 Å². The van der Waals surface area contributed by atoms with E-state index in [1.165, 1.54) is 11.9 Å². The molecule has 0 saturated heterocycles. The molecule has 0 heterocycles. The van der Waals surface area contributed by atoms with Crippen LogP contribution in [-0.4, -0.2) is 29.3 Å². The van der Waals surface area contributed by atoms with Crippen molar-refractivity contribution >= 4 is 18.0 Å². The predicted molar refractivity (Wildman–Crippen MR) is 56.8 cm³/mol. The first-order valence-corrected chi connectivity index (χ1v) is 5.77. The van der Waals surface area contributed by atoms with Gasteiger partial charge in [0.05, 0.1) is 6.61 Å². The summed E-state index contributed by atoms with van der Waals surface area (Å²) in [5.41, 5.74) is 0. The predicted octanol–water partition coefficient (Wildman–Crippen LogP) is 2.91. The topological polar surface area (TPSA) is 29.5 Å². The first-order chi connectivity index (χ1) is 6.26. The Labute approximate surface area is 85.0 Å². The fourth-order valence-corrected chi connectivity index (χ4v) is 1.61. The molecule has 0 aliphatic carbocycles. The third kappa shape index (κ3) is 5.80. The van der Waals surface area contributed by atoms with Gasteiger partial charge in [0, 0.05) is 12.3 Å². The number of nitrogens with zero attached hydrogens (tertiary/aromatic N) is 1. The first kappa shape index (κ1) is 12.6. The van der Waals surface area contributed by atoms with Gasteiger partial charge in [-0.3, -0.25) is 4.31 Å². The molecule has 0 aliphatic heterocycles. The van der Waals surface area contributed by atoms with Gasteiger partial charge in [-0.05, 0) is 24.8 Å². The maximum atomic E-state index is 11.4. The van der Waals surface area contributed by atoms with Crippen molar-refractivity contribution in [3.8, 4) is 0 Å². The minimum atomic E-state index is -0.199. The highest BCUT2D eigenvalue weighted by atomic mass is 32.2. The maximum Gasteiger partial charge on any atom is 0.419 e. The maximum absolute atomic E-state index is 11.4. The van der Waals surface area contributed by atoms with Crippen LogP contribution in [0.3, 0.4) is 0 Å². The summed E-state index contributed by atoms with van der Waals surface area (Å²) in [6, 6.07) is 0. The Morgan fingerprint density at radius 2 is 2.00 bits per heavy atom. The molecule has 0 N–H and O–H groups in total. The van der Waals surface area contributed by atoms with Crippen molar-refractivity contribution in [2.24, 2.45) is 0 Å². The summed E-state index contributed by atoms with van der Waals surface area (Å²) >= 11 is 1.52.